The number of rotatable bonds is 6. The molecule has 6 nitrogen and oxygen atoms in total. The van der Waals surface area contributed by atoms with Crippen LogP contribution in [0.2, 0.25) is 0 Å². The van der Waals surface area contributed by atoms with Crippen LogP contribution in [-0.2, 0) is 23.1 Å². The van der Waals surface area contributed by atoms with Gasteiger partial charge in [-0.3, -0.25) is 0 Å². The Balaban J connectivity index is 1.80. The first-order valence-corrected chi connectivity index (χ1v) is 9.97. The van der Waals surface area contributed by atoms with Crippen molar-refractivity contribution in [3.05, 3.63) is 89.6 Å². The predicted octanol–water partition coefficient (Wildman–Crippen LogP) is 3.83. The number of halogens is 1. The Bertz CT molecular complexity index is 1030. The Kier molecular flexibility index (Phi) is 5.79. The van der Waals surface area contributed by atoms with Gasteiger partial charge in [-0.15, -0.1) is 0 Å². The van der Waals surface area contributed by atoms with Crippen molar-refractivity contribution in [3.8, 4) is 0 Å². The Morgan fingerprint density at radius 1 is 1.04 bits per heavy atom. The molecule has 0 bridgehead atoms. The molecule has 0 unspecified atom stereocenters. The number of carbonyl (C=O) groups excluding carboxylic acids is 1. The molecule has 3 rings (SSSR count). The van der Waals surface area contributed by atoms with Gasteiger partial charge in [0.15, 0.2) is 0 Å². The van der Waals surface area contributed by atoms with Crippen LogP contribution in [0.3, 0.4) is 0 Å². The highest BCUT2D eigenvalue weighted by Crippen LogP contribution is 2.14. The summed E-state index contributed by atoms with van der Waals surface area (Å²) < 4.78 is 45.5. The summed E-state index contributed by atoms with van der Waals surface area (Å²) in [5, 5.41) is 0. The quantitative estimate of drug-likeness (QED) is 0.680. The second-order valence-electron chi connectivity index (χ2n) is 6.29. The van der Waals surface area contributed by atoms with Crippen LogP contribution in [-0.4, -0.2) is 19.3 Å². The van der Waals surface area contributed by atoms with E-state index in [-0.39, 0.29) is 18.0 Å². The van der Waals surface area contributed by atoms with Crippen molar-refractivity contribution < 1.29 is 22.0 Å². The summed E-state index contributed by atoms with van der Waals surface area (Å²) in [6.45, 7) is 1.97. The number of carbonyl (C=O) groups is 1. The molecule has 0 aliphatic rings. The van der Waals surface area contributed by atoms with E-state index in [0.29, 0.717) is 11.3 Å². The number of nitrogens with one attached hydrogen (secondary N) is 1. The molecule has 0 spiro atoms. The lowest BCUT2D eigenvalue weighted by atomic mass is 10.2. The van der Waals surface area contributed by atoms with Gasteiger partial charge in [0.05, 0.1) is 17.7 Å². The number of benzene rings is 2. The average Bonchev–Trinajstić information content (AvgIpc) is 3.16. The molecule has 0 saturated heterocycles. The Morgan fingerprint density at radius 2 is 1.71 bits per heavy atom. The lowest BCUT2D eigenvalue weighted by molar-refractivity contribution is 0.193. The minimum Gasteiger partial charge on any atom is -0.467 e. The molecule has 8 heteroatoms. The van der Waals surface area contributed by atoms with E-state index < -0.39 is 21.9 Å². The van der Waals surface area contributed by atoms with Gasteiger partial charge in [-0.1, -0.05) is 29.8 Å². The third kappa shape index (κ3) is 4.98. The third-order valence-corrected chi connectivity index (χ3v) is 5.39. The highest BCUT2D eigenvalue weighted by Gasteiger charge is 2.23. The van der Waals surface area contributed by atoms with E-state index in [1.165, 1.54) is 47.6 Å². The van der Waals surface area contributed by atoms with Crippen LogP contribution < -0.4 is 4.72 Å². The summed E-state index contributed by atoms with van der Waals surface area (Å²) in [6, 6.07) is 14.3. The normalized spacial score (nSPS) is 11.2. The molecule has 146 valence electrons. The van der Waals surface area contributed by atoms with Crippen molar-refractivity contribution in [2.45, 2.75) is 24.9 Å². The lowest BCUT2D eigenvalue weighted by Crippen LogP contribution is -2.42. The Morgan fingerprint density at radius 3 is 2.32 bits per heavy atom. The number of sulfonamides is 1. The minimum absolute atomic E-state index is 0.00817. The van der Waals surface area contributed by atoms with Crippen molar-refractivity contribution in [3.63, 3.8) is 0 Å². The maximum atomic E-state index is 13.1. The third-order valence-electron chi connectivity index (χ3n) is 4.05. The fraction of sp³-hybridized carbons (Fsp3) is 0.150. The fourth-order valence-electron chi connectivity index (χ4n) is 2.56. The molecular formula is C20H19FN2O4S. The zero-order valence-electron chi connectivity index (χ0n) is 15.1. The number of urea groups is 1. The van der Waals surface area contributed by atoms with E-state index in [9.17, 15) is 17.6 Å². The first-order chi connectivity index (χ1) is 13.3. The molecule has 0 atom stereocenters. The van der Waals surface area contributed by atoms with E-state index >= 15 is 0 Å². The van der Waals surface area contributed by atoms with E-state index in [0.717, 1.165) is 5.56 Å². The van der Waals surface area contributed by atoms with Gasteiger partial charge in [-0.25, -0.2) is 22.3 Å². The predicted molar refractivity (Wildman–Crippen MR) is 101 cm³/mol. The molecule has 1 heterocycles. The van der Waals surface area contributed by atoms with Crippen LogP contribution in [0.1, 0.15) is 16.9 Å². The van der Waals surface area contributed by atoms with E-state index in [2.05, 4.69) is 4.72 Å². The highest BCUT2D eigenvalue weighted by atomic mass is 32.2. The molecule has 1 N–H and O–H groups in total. The van der Waals surface area contributed by atoms with E-state index in [1.807, 2.05) is 6.92 Å². The first kappa shape index (κ1) is 19.6. The summed E-state index contributed by atoms with van der Waals surface area (Å²) in [5.74, 6) is 0.0951. The summed E-state index contributed by atoms with van der Waals surface area (Å²) in [5.41, 5.74) is 1.55. The van der Waals surface area contributed by atoms with Gasteiger partial charge >= 0.3 is 6.03 Å². The zero-order valence-corrected chi connectivity index (χ0v) is 15.9. The fourth-order valence-corrected chi connectivity index (χ4v) is 3.53. The second-order valence-corrected chi connectivity index (χ2v) is 7.97. The Hall–Kier alpha value is -3.13. The molecule has 0 aliphatic heterocycles. The largest absolute Gasteiger partial charge is 0.467 e. The van der Waals surface area contributed by atoms with Gasteiger partial charge < -0.3 is 9.32 Å². The van der Waals surface area contributed by atoms with Crippen molar-refractivity contribution in [2.24, 2.45) is 0 Å². The van der Waals surface area contributed by atoms with Gasteiger partial charge in [0.1, 0.15) is 11.6 Å². The number of hydrogen-bond donors (Lipinski definition) is 1. The molecule has 0 radical (unpaired) electrons. The average molecular weight is 402 g/mol. The number of furan rings is 1. The number of hydrogen-bond acceptors (Lipinski definition) is 4. The molecule has 0 fully saturated rings. The maximum Gasteiger partial charge on any atom is 0.332 e. The van der Waals surface area contributed by atoms with Crippen molar-refractivity contribution in [2.75, 3.05) is 0 Å². The van der Waals surface area contributed by atoms with Crippen LogP contribution in [0, 0.1) is 12.7 Å². The van der Waals surface area contributed by atoms with Crippen LogP contribution in [0.5, 0.6) is 0 Å². The molecule has 0 saturated carbocycles. The van der Waals surface area contributed by atoms with E-state index in [4.69, 9.17) is 4.42 Å². The molecule has 2 amide bonds. The highest BCUT2D eigenvalue weighted by molar-refractivity contribution is 7.90. The topological polar surface area (TPSA) is 79.6 Å². The molecule has 2 aromatic carbocycles. The molecule has 0 aliphatic carbocycles. The first-order valence-electron chi connectivity index (χ1n) is 8.49. The van der Waals surface area contributed by atoms with Crippen molar-refractivity contribution >= 4 is 16.1 Å². The van der Waals surface area contributed by atoms with Crippen molar-refractivity contribution in [1.82, 2.24) is 9.62 Å². The SMILES string of the molecule is Cc1ccc(S(=O)(=O)NC(=O)N(Cc2ccc(F)cc2)Cc2ccco2)cc1. The number of nitrogens with zero attached hydrogens (tertiary/aromatic N) is 1. The van der Waals surface area contributed by atoms with Crippen molar-refractivity contribution in [1.29, 1.82) is 0 Å². The summed E-state index contributed by atoms with van der Waals surface area (Å²) >= 11 is 0. The van der Waals surface area contributed by atoms with Gasteiger partial charge in [-0.2, -0.15) is 0 Å². The standard InChI is InChI=1S/C20H19FN2O4S/c1-15-4-10-19(11-5-15)28(25,26)22-20(24)23(14-18-3-2-12-27-18)13-16-6-8-17(21)9-7-16/h2-12H,13-14H2,1H3,(H,22,24). The number of amides is 2. The second kappa shape index (κ2) is 8.26. The molecule has 28 heavy (non-hydrogen) atoms. The van der Waals surface area contributed by atoms with Gasteiger partial charge in [0, 0.05) is 6.54 Å². The lowest BCUT2D eigenvalue weighted by Gasteiger charge is -2.22. The van der Waals surface area contributed by atoms with Crippen LogP contribution >= 0.6 is 0 Å². The zero-order chi connectivity index (χ0) is 20.1. The number of aryl methyl sites for hydroxylation is 1. The van der Waals surface area contributed by atoms with Crippen LogP contribution in [0.25, 0.3) is 0 Å². The maximum absolute atomic E-state index is 13.1. The smallest absolute Gasteiger partial charge is 0.332 e. The summed E-state index contributed by atoms with van der Waals surface area (Å²) in [7, 11) is -4.03. The summed E-state index contributed by atoms with van der Waals surface area (Å²) in [4.78, 5) is 14.0. The van der Waals surface area contributed by atoms with E-state index in [1.54, 1.807) is 24.3 Å². The van der Waals surface area contributed by atoms with Gasteiger partial charge in [0.25, 0.3) is 10.0 Å². The van der Waals surface area contributed by atoms with Gasteiger partial charge in [0.2, 0.25) is 0 Å². The van der Waals surface area contributed by atoms with Crippen LogP contribution in [0.15, 0.2) is 76.2 Å². The Labute approximate surface area is 162 Å². The summed E-state index contributed by atoms with van der Waals surface area (Å²) in [6.07, 6.45) is 1.46. The minimum atomic E-state index is -4.03. The molecule has 3 aromatic rings. The molecule has 1 aromatic heterocycles. The van der Waals surface area contributed by atoms with Crippen LogP contribution in [0.4, 0.5) is 9.18 Å². The monoisotopic (exact) mass is 402 g/mol. The molecular weight excluding hydrogens is 383 g/mol. The van der Waals surface area contributed by atoms with Gasteiger partial charge in [-0.05, 0) is 48.9 Å².